The minimum atomic E-state index is -0.863. The van der Waals surface area contributed by atoms with E-state index >= 15 is 0 Å². The quantitative estimate of drug-likeness (QED) is 0.329. The average molecular weight is 269 g/mol. The van der Waals surface area contributed by atoms with Crippen LogP contribution in [0.3, 0.4) is 0 Å². The van der Waals surface area contributed by atoms with Gasteiger partial charge in [-0.2, -0.15) is 0 Å². The Labute approximate surface area is 110 Å². The number of nitro groups is 1. The number of esters is 1. The molecule has 0 amide bonds. The number of nitro benzene ring substituents is 1. The van der Waals surface area contributed by atoms with Crippen LogP contribution in [0, 0.1) is 15.9 Å². The van der Waals surface area contributed by atoms with Gasteiger partial charge in [-0.05, 0) is 12.5 Å². The maximum atomic E-state index is 13.4. The molecule has 0 aliphatic rings. The van der Waals surface area contributed by atoms with Gasteiger partial charge in [0.05, 0.1) is 11.5 Å². The number of unbranched alkanes of at least 4 members (excludes halogenated alkanes) is 3. The average Bonchev–Trinajstić information content (AvgIpc) is 2.38. The number of benzene rings is 1. The van der Waals surface area contributed by atoms with Gasteiger partial charge in [0.2, 0.25) is 0 Å². The molecule has 0 fully saturated rings. The van der Waals surface area contributed by atoms with Gasteiger partial charge >= 0.3 is 5.97 Å². The minimum Gasteiger partial charge on any atom is -0.462 e. The molecular weight excluding hydrogens is 253 g/mol. The van der Waals surface area contributed by atoms with E-state index in [-0.39, 0.29) is 12.3 Å². The Hall–Kier alpha value is -1.98. The van der Waals surface area contributed by atoms with Crippen LogP contribution in [-0.4, -0.2) is 17.5 Å². The van der Waals surface area contributed by atoms with E-state index in [2.05, 4.69) is 6.92 Å². The molecule has 0 atom stereocenters. The molecule has 0 aliphatic carbocycles. The first-order valence-electron chi connectivity index (χ1n) is 6.17. The first-order valence-corrected chi connectivity index (χ1v) is 6.17. The molecule has 1 aromatic rings. The zero-order valence-electron chi connectivity index (χ0n) is 10.7. The molecule has 0 saturated carbocycles. The zero-order valence-corrected chi connectivity index (χ0v) is 10.7. The number of non-ortho nitro benzene ring substituents is 1. The summed E-state index contributed by atoms with van der Waals surface area (Å²) >= 11 is 0. The molecule has 0 radical (unpaired) electrons. The van der Waals surface area contributed by atoms with Crippen molar-refractivity contribution in [2.45, 2.75) is 32.6 Å². The lowest BCUT2D eigenvalue weighted by molar-refractivity contribution is -0.384. The SMILES string of the molecule is CCCCCCOC(=O)c1cc([N+](=O)[O-])ccc1F. The Morgan fingerprint density at radius 3 is 2.74 bits per heavy atom. The summed E-state index contributed by atoms with van der Waals surface area (Å²) in [6.07, 6.45) is 3.74. The summed E-state index contributed by atoms with van der Waals surface area (Å²) in [6, 6.07) is 2.79. The second-order valence-corrected chi connectivity index (χ2v) is 4.12. The molecule has 1 rings (SSSR count). The van der Waals surface area contributed by atoms with Crippen LogP contribution < -0.4 is 0 Å². The summed E-state index contributed by atoms with van der Waals surface area (Å²) in [7, 11) is 0. The fourth-order valence-corrected chi connectivity index (χ4v) is 1.55. The summed E-state index contributed by atoms with van der Waals surface area (Å²) in [5, 5.41) is 10.6. The van der Waals surface area contributed by atoms with Crippen molar-refractivity contribution in [3.8, 4) is 0 Å². The molecule has 0 saturated heterocycles. The highest BCUT2D eigenvalue weighted by molar-refractivity contribution is 5.90. The Balaban J connectivity index is 2.61. The number of carbonyl (C=O) groups excluding carboxylic acids is 1. The molecule has 0 unspecified atom stereocenters. The van der Waals surface area contributed by atoms with Crippen LogP contribution in [0.4, 0.5) is 10.1 Å². The summed E-state index contributed by atoms with van der Waals surface area (Å²) in [5.74, 6) is -1.68. The topological polar surface area (TPSA) is 69.4 Å². The van der Waals surface area contributed by atoms with Gasteiger partial charge in [0.15, 0.2) is 0 Å². The van der Waals surface area contributed by atoms with Crippen LogP contribution in [0.25, 0.3) is 0 Å². The maximum absolute atomic E-state index is 13.4. The smallest absolute Gasteiger partial charge is 0.341 e. The number of halogens is 1. The number of hydrogen-bond acceptors (Lipinski definition) is 4. The van der Waals surface area contributed by atoms with Gasteiger partial charge in [-0.1, -0.05) is 26.2 Å². The van der Waals surface area contributed by atoms with Crippen LogP contribution in [-0.2, 0) is 4.74 Å². The van der Waals surface area contributed by atoms with Crippen LogP contribution in [0.5, 0.6) is 0 Å². The van der Waals surface area contributed by atoms with E-state index in [4.69, 9.17) is 4.74 Å². The summed E-state index contributed by atoms with van der Waals surface area (Å²) < 4.78 is 18.3. The third-order valence-electron chi connectivity index (χ3n) is 2.61. The third kappa shape index (κ3) is 4.65. The second-order valence-electron chi connectivity index (χ2n) is 4.12. The predicted molar refractivity (Wildman–Crippen MR) is 67.5 cm³/mol. The van der Waals surface area contributed by atoms with Crippen molar-refractivity contribution in [1.82, 2.24) is 0 Å². The van der Waals surface area contributed by atoms with Crippen molar-refractivity contribution in [1.29, 1.82) is 0 Å². The van der Waals surface area contributed by atoms with E-state index < -0.39 is 22.3 Å². The maximum Gasteiger partial charge on any atom is 0.341 e. The van der Waals surface area contributed by atoms with Crippen molar-refractivity contribution in [2.24, 2.45) is 0 Å². The third-order valence-corrected chi connectivity index (χ3v) is 2.61. The lowest BCUT2D eigenvalue weighted by Gasteiger charge is -2.05. The molecule has 0 N–H and O–H groups in total. The van der Waals surface area contributed by atoms with E-state index in [1.54, 1.807) is 0 Å². The van der Waals surface area contributed by atoms with Gasteiger partial charge in [-0.25, -0.2) is 9.18 Å². The molecule has 1 aromatic carbocycles. The van der Waals surface area contributed by atoms with E-state index in [0.29, 0.717) is 6.42 Å². The summed E-state index contributed by atoms with van der Waals surface area (Å²) in [5.41, 5.74) is -0.732. The Kier molecular flexibility index (Phi) is 5.92. The second kappa shape index (κ2) is 7.45. The lowest BCUT2D eigenvalue weighted by Crippen LogP contribution is -2.09. The first-order chi connectivity index (χ1) is 9.06. The van der Waals surface area contributed by atoms with Gasteiger partial charge in [0.1, 0.15) is 11.4 Å². The number of rotatable bonds is 7. The standard InChI is InChI=1S/C13H16FNO4/c1-2-3-4-5-8-19-13(16)11-9-10(15(17)18)6-7-12(11)14/h6-7,9H,2-5,8H2,1H3. The lowest BCUT2D eigenvalue weighted by atomic mass is 10.2. The minimum absolute atomic E-state index is 0.195. The van der Waals surface area contributed by atoms with Crippen molar-refractivity contribution >= 4 is 11.7 Å². The highest BCUT2D eigenvalue weighted by Gasteiger charge is 2.17. The Morgan fingerprint density at radius 1 is 1.37 bits per heavy atom. The van der Waals surface area contributed by atoms with Crippen molar-refractivity contribution in [3.63, 3.8) is 0 Å². The van der Waals surface area contributed by atoms with Crippen molar-refractivity contribution in [3.05, 3.63) is 39.7 Å². The van der Waals surface area contributed by atoms with Crippen LogP contribution in [0.15, 0.2) is 18.2 Å². The predicted octanol–water partition coefficient (Wildman–Crippen LogP) is 3.47. The summed E-state index contributed by atoms with van der Waals surface area (Å²) in [4.78, 5) is 21.5. The van der Waals surface area contributed by atoms with Crippen molar-refractivity contribution in [2.75, 3.05) is 6.61 Å². The molecule has 0 bridgehead atoms. The molecular formula is C13H16FNO4. The summed E-state index contributed by atoms with van der Waals surface area (Å²) in [6.45, 7) is 2.26. The van der Waals surface area contributed by atoms with Gasteiger partial charge in [-0.3, -0.25) is 10.1 Å². The van der Waals surface area contributed by atoms with Crippen LogP contribution in [0.1, 0.15) is 43.0 Å². The van der Waals surface area contributed by atoms with Gasteiger partial charge < -0.3 is 4.74 Å². The molecule has 0 heterocycles. The largest absolute Gasteiger partial charge is 0.462 e. The normalized spacial score (nSPS) is 10.2. The van der Waals surface area contributed by atoms with Crippen LogP contribution >= 0.6 is 0 Å². The molecule has 0 aromatic heterocycles. The molecule has 0 aliphatic heterocycles. The molecule has 0 spiro atoms. The monoisotopic (exact) mass is 269 g/mol. The number of ether oxygens (including phenoxy) is 1. The van der Waals surface area contributed by atoms with Gasteiger partial charge in [0.25, 0.3) is 5.69 Å². The van der Waals surface area contributed by atoms with Crippen LogP contribution in [0.2, 0.25) is 0 Å². The highest BCUT2D eigenvalue weighted by Crippen LogP contribution is 2.17. The van der Waals surface area contributed by atoms with Crippen molar-refractivity contribution < 1.29 is 18.8 Å². The van der Waals surface area contributed by atoms with E-state index in [9.17, 15) is 19.3 Å². The van der Waals surface area contributed by atoms with E-state index in [0.717, 1.165) is 37.5 Å². The first kappa shape index (κ1) is 15.1. The van der Waals surface area contributed by atoms with Gasteiger partial charge in [-0.15, -0.1) is 0 Å². The van der Waals surface area contributed by atoms with E-state index in [1.165, 1.54) is 0 Å². The van der Waals surface area contributed by atoms with Gasteiger partial charge in [0, 0.05) is 12.1 Å². The molecule has 6 heteroatoms. The molecule has 5 nitrogen and oxygen atoms in total. The number of hydrogen-bond donors (Lipinski definition) is 0. The highest BCUT2D eigenvalue weighted by atomic mass is 19.1. The fraction of sp³-hybridized carbons (Fsp3) is 0.462. The fourth-order valence-electron chi connectivity index (χ4n) is 1.55. The molecule has 19 heavy (non-hydrogen) atoms. The Morgan fingerprint density at radius 2 is 2.11 bits per heavy atom. The van der Waals surface area contributed by atoms with E-state index in [1.807, 2.05) is 0 Å². The Bertz CT molecular complexity index is 462. The number of carbonyl (C=O) groups is 1. The molecule has 104 valence electrons. The zero-order chi connectivity index (χ0) is 14.3. The number of nitrogens with zero attached hydrogens (tertiary/aromatic N) is 1.